The maximum Gasteiger partial charge on any atom is 0.573 e. The number of aliphatic hydroxyl groups is 2. The third-order valence-corrected chi connectivity index (χ3v) is 6.60. The molecule has 3 atom stereocenters. The van der Waals surface area contributed by atoms with Gasteiger partial charge in [0.1, 0.15) is 11.6 Å². The largest absolute Gasteiger partial charge is 0.573 e. The molecule has 0 fully saturated rings. The minimum atomic E-state index is -4.90. The zero-order chi connectivity index (χ0) is 31.4. The number of alkyl halides is 3. The monoisotopic (exact) mass is 599 g/mol. The number of amides is 2. The molecule has 1 unspecified atom stereocenters. The summed E-state index contributed by atoms with van der Waals surface area (Å²) < 4.78 is 62.5. The quantitative estimate of drug-likeness (QED) is 0.264. The zero-order valence-corrected chi connectivity index (χ0v) is 23.1. The van der Waals surface area contributed by atoms with Crippen LogP contribution in [0.1, 0.15) is 39.2 Å². The van der Waals surface area contributed by atoms with Gasteiger partial charge >= 0.3 is 18.4 Å². The van der Waals surface area contributed by atoms with Gasteiger partial charge in [-0.2, -0.15) is 0 Å². The fraction of sp³-hybridized carbons (Fsp3) is 0.429. The molecule has 42 heavy (non-hydrogen) atoms. The van der Waals surface area contributed by atoms with E-state index in [4.69, 9.17) is 15.6 Å². The Labute approximate surface area is 239 Å². The van der Waals surface area contributed by atoms with Gasteiger partial charge in [0.15, 0.2) is 5.72 Å². The van der Waals surface area contributed by atoms with Crippen LogP contribution in [0.5, 0.6) is 5.75 Å². The highest BCUT2D eigenvalue weighted by Crippen LogP contribution is 2.47. The topological polar surface area (TPSA) is 146 Å². The van der Waals surface area contributed by atoms with Crippen molar-refractivity contribution in [1.82, 2.24) is 5.01 Å². The highest BCUT2D eigenvalue weighted by molar-refractivity contribution is 5.79. The summed E-state index contributed by atoms with van der Waals surface area (Å²) in [5, 5.41) is 32.2. The van der Waals surface area contributed by atoms with Crippen molar-refractivity contribution in [2.45, 2.75) is 64.3 Å². The maximum absolute atomic E-state index is 13.9. The van der Waals surface area contributed by atoms with Crippen molar-refractivity contribution < 1.29 is 51.9 Å². The van der Waals surface area contributed by atoms with Crippen LogP contribution in [-0.2, 0) is 16.0 Å². The van der Waals surface area contributed by atoms with E-state index in [0.29, 0.717) is 16.8 Å². The molecule has 230 valence electrons. The van der Waals surface area contributed by atoms with Crippen molar-refractivity contribution >= 4 is 17.7 Å². The first kappa shape index (κ1) is 32.6. The second-order valence-electron chi connectivity index (χ2n) is 10.2. The van der Waals surface area contributed by atoms with E-state index in [0.717, 1.165) is 29.3 Å². The number of halogens is 4. The first-order valence-electron chi connectivity index (χ1n) is 13.0. The number of hydrazine groups is 1. The lowest BCUT2D eigenvalue weighted by Crippen LogP contribution is -2.59. The fourth-order valence-electron chi connectivity index (χ4n) is 5.21. The number of primary amides is 1. The number of urea groups is 1. The summed E-state index contributed by atoms with van der Waals surface area (Å²) in [6.07, 6.45) is -8.69. The van der Waals surface area contributed by atoms with Gasteiger partial charge in [-0.1, -0.05) is 26.0 Å². The van der Waals surface area contributed by atoms with E-state index in [1.807, 2.05) is 13.8 Å². The second kappa shape index (κ2) is 13.0. The number of carboxylic acids is 1. The van der Waals surface area contributed by atoms with Crippen molar-refractivity contribution in [3.63, 3.8) is 0 Å². The van der Waals surface area contributed by atoms with Crippen LogP contribution in [0.15, 0.2) is 59.8 Å². The molecule has 1 aliphatic rings. The molecule has 2 aromatic rings. The van der Waals surface area contributed by atoms with Gasteiger partial charge in [0.2, 0.25) is 0 Å². The molecule has 5 N–H and O–H groups in total. The third kappa shape index (κ3) is 7.69. The van der Waals surface area contributed by atoms with Gasteiger partial charge in [-0.15, -0.1) is 13.2 Å². The fourth-order valence-corrected chi connectivity index (χ4v) is 5.21. The summed E-state index contributed by atoms with van der Waals surface area (Å²) >= 11 is 0. The lowest BCUT2D eigenvalue weighted by Gasteiger charge is -2.45. The Hall–Kier alpha value is -3.88. The Morgan fingerprint density at radius 3 is 2.12 bits per heavy atom. The average Bonchev–Trinajstić information content (AvgIpc) is 3.11. The van der Waals surface area contributed by atoms with E-state index in [1.54, 1.807) is 6.92 Å². The highest BCUT2D eigenvalue weighted by Gasteiger charge is 2.54. The van der Waals surface area contributed by atoms with Crippen LogP contribution in [0.3, 0.4) is 0 Å². The molecule has 0 aliphatic carbocycles. The van der Waals surface area contributed by atoms with Crippen molar-refractivity contribution in [3.05, 3.63) is 71.2 Å². The molecule has 3 rings (SSSR count). The lowest BCUT2D eigenvalue weighted by molar-refractivity contribution is -0.274. The van der Waals surface area contributed by atoms with Gasteiger partial charge in [-0.05, 0) is 54.8 Å². The van der Waals surface area contributed by atoms with Crippen LogP contribution >= 0.6 is 0 Å². The number of hydrogen-bond donors (Lipinski definition) is 4. The summed E-state index contributed by atoms with van der Waals surface area (Å²) in [5.74, 6) is -2.60. The van der Waals surface area contributed by atoms with Gasteiger partial charge in [0.05, 0.1) is 30.9 Å². The first-order valence-corrected chi connectivity index (χ1v) is 13.0. The van der Waals surface area contributed by atoms with Crippen LogP contribution in [0.25, 0.3) is 0 Å². The molecule has 1 aliphatic heterocycles. The number of ether oxygens (including phenoxy) is 2. The summed E-state index contributed by atoms with van der Waals surface area (Å²) in [7, 11) is 0. The Morgan fingerprint density at radius 2 is 1.62 bits per heavy atom. The number of carbonyl (C=O) groups is 2. The van der Waals surface area contributed by atoms with E-state index < -0.39 is 60.9 Å². The molecule has 0 spiro atoms. The number of nitrogens with two attached hydrogens (primary N) is 1. The maximum atomic E-state index is 13.9. The van der Waals surface area contributed by atoms with E-state index >= 15 is 0 Å². The molecule has 0 saturated heterocycles. The minimum absolute atomic E-state index is 0.101. The van der Waals surface area contributed by atoms with Crippen LogP contribution in [0, 0.1) is 11.7 Å². The normalized spacial score (nSPS) is 18.9. The SMILES string of the molecule is CC1=C(C(C)C)C(Cc2ccc(OC(F)(F)F)cc2)(OC[C@@H](O)C[C@@H](O)CC(=O)O)N(c2ccc(F)cc2)N1C(N)=O. The van der Waals surface area contributed by atoms with Crippen molar-refractivity contribution in [2.75, 3.05) is 11.6 Å². The summed E-state index contributed by atoms with van der Waals surface area (Å²) in [6, 6.07) is 9.15. The number of rotatable bonds is 12. The van der Waals surface area contributed by atoms with Gasteiger partial charge in [-0.3, -0.25) is 4.79 Å². The predicted octanol–water partition coefficient (Wildman–Crippen LogP) is 4.31. The lowest BCUT2D eigenvalue weighted by atomic mass is 9.86. The molecule has 14 heteroatoms. The Bertz CT molecular complexity index is 1290. The van der Waals surface area contributed by atoms with Crippen LogP contribution in [-0.4, -0.2) is 63.2 Å². The molecule has 0 aromatic heterocycles. The first-order chi connectivity index (χ1) is 19.5. The van der Waals surface area contributed by atoms with Crippen LogP contribution in [0.4, 0.5) is 28.0 Å². The van der Waals surface area contributed by atoms with Crippen LogP contribution < -0.4 is 15.5 Å². The summed E-state index contributed by atoms with van der Waals surface area (Å²) in [5.41, 5.74) is 5.75. The molecule has 2 aromatic carbocycles. The zero-order valence-electron chi connectivity index (χ0n) is 23.1. The number of hydrogen-bond acceptors (Lipinski definition) is 7. The predicted molar refractivity (Wildman–Crippen MR) is 142 cm³/mol. The number of carbonyl (C=O) groups excluding carboxylic acids is 1. The minimum Gasteiger partial charge on any atom is -0.481 e. The number of carboxylic acid groups (broad SMARTS) is 1. The van der Waals surface area contributed by atoms with Crippen molar-refractivity contribution in [2.24, 2.45) is 11.7 Å². The number of allylic oxidation sites excluding steroid dienone is 1. The number of aliphatic hydroxyl groups excluding tert-OH is 2. The summed E-state index contributed by atoms with van der Waals surface area (Å²) in [4.78, 5) is 23.8. The third-order valence-electron chi connectivity index (χ3n) is 6.60. The average molecular weight is 600 g/mol. The van der Waals surface area contributed by atoms with Crippen molar-refractivity contribution in [1.29, 1.82) is 0 Å². The molecule has 0 bridgehead atoms. The van der Waals surface area contributed by atoms with Gasteiger partial charge in [0, 0.05) is 24.1 Å². The van der Waals surface area contributed by atoms with Crippen molar-refractivity contribution in [3.8, 4) is 5.75 Å². The molecule has 1 heterocycles. The highest BCUT2D eigenvalue weighted by atomic mass is 19.4. The Morgan fingerprint density at radius 1 is 1.02 bits per heavy atom. The molecule has 2 amide bonds. The molecule has 0 radical (unpaired) electrons. The van der Waals surface area contributed by atoms with E-state index in [2.05, 4.69) is 4.74 Å². The van der Waals surface area contributed by atoms with Gasteiger partial charge in [0.25, 0.3) is 0 Å². The standard InChI is InChI=1S/C28H33F4N3O7/c1-16(2)25-17(3)34(26(33)40)35(20-8-6-19(29)7-9-20)27(25,41-15-22(37)12-21(36)13-24(38)39)14-18-4-10-23(11-5-18)42-28(30,31)32/h4-11,16,21-22,36-37H,12-15H2,1-3H3,(H2,33,40)(H,38,39)/t21-,22+,27?/m1/s1. The number of benzene rings is 2. The smallest absolute Gasteiger partial charge is 0.481 e. The molecule has 10 nitrogen and oxygen atoms in total. The van der Waals surface area contributed by atoms with Gasteiger partial charge in [-0.25, -0.2) is 19.2 Å². The molecule has 0 saturated carbocycles. The van der Waals surface area contributed by atoms with E-state index in [9.17, 15) is 37.4 Å². The number of aliphatic carboxylic acids is 1. The van der Waals surface area contributed by atoms with E-state index in [1.165, 1.54) is 29.3 Å². The Kier molecular flexibility index (Phi) is 10.1. The summed E-state index contributed by atoms with van der Waals surface area (Å²) in [6.45, 7) is 4.80. The van der Waals surface area contributed by atoms with E-state index in [-0.39, 0.29) is 24.4 Å². The van der Waals surface area contributed by atoms with Gasteiger partial charge < -0.3 is 30.5 Å². The number of anilines is 1. The second-order valence-corrected chi connectivity index (χ2v) is 10.2. The molecular weight excluding hydrogens is 566 g/mol. The molecular formula is C28H33F4N3O7. The van der Waals surface area contributed by atoms with Crippen LogP contribution in [0.2, 0.25) is 0 Å². The Balaban J connectivity index is 2.14. The number of nitrogens with zero attached hydrogens (tertiary/aromatic N) is 2.